The molecular weight excluding hydrogens is 372 g/mol. The standard InChI is InChI=1S/C15H12BrClN2O3/c16-10-4-3-5-11(8-10)22-9-14(20)18-19-15(21)12-6-1-2-7-13(12)17/h1-8H,9H2,(H,18,20)(H,19,21). The van der Waals surface area contributed by atoms with E-state index in [2.05, 4.69) is 26.8 Å². The molecule has 2 amide bonds. The number of benzene rings is 2. The lowest BCUT2D eigenvalue weighted by molar-refractivity contribution is -0.123. The van der Waals surface area contributed by atoms with E-state index in [9.17, 15) is 9.59 Å². The second-order valence-electron chi connectivity index (χ2n) is 4.23. The monoisotopic (exact) mass is 382 g/mol. The second-order valence-corrected chi connectivity index (χ2v) is 5.55. The molecule has 2 N–H and O–H groups in total. The average Bonchev–Trinajstić information content (AvgIpc) is 2.51. The van der Waals surface area contributed by atoms with Gasteiger partial charge in [0.2, 0.25) is 0 Å². The van der Waals surface area contributed by atoms with Crippen molar-refractivity contribution in [3.05, 3.63) is 63.6 Å². The van der Waals surface area contributed by atoms with Crippen LogP contribution in [0.5, 0.6) is 5.75 Å². The van der Waals surface area contributed by atoms with E-state index in [1.807, 2.05) is 6.07 Å². The van der Waals surface area contributed by atoms with E-state index in [1.54, 1.807) is 42.5 Å². The Kier molecular flexibility index (Phi) is 5.80. The minimum Gasteiger partial charge on any atom is -0.484 e. The van der Waals surface area contributed by atoms with Crippen LogP contribution in [0.1, 0.15) is 10.4 Å². The largest absolute Gasteiger partial charge is 0.484 e. The minimum absolute atomic E-state index is 0.223. The quantitative estimate of drug-likeness (QED) is 0.798. The molecular formula is C15H12BrClN2O3. The predicted molar refractivity (Wildman–Crippen MR) is 86.7 cm³/mol. The second kappa shape index (κ2) is 7.82. The molecule has 114 valence electrons. The first-order valence-electron chi connectivity index (χ1n) is 6.28. The molecule has 0 radical (unpaired) electrons. The zero-order valence-electron chi connectivity index (χ0n) is 11.3. The normalized spacial score (nSPS) is 9.91. The highest BCUT2D eigenvalue weighted by Gasteiger charge is 2.10. The lowest BCUT2D eigenvalue weighted by atomic mass is 10.2. The molecule has 0 saturated carbocycles. The van der Waals surface area contributed by atoms with Crippen molar-refractivity contribution in [1.29, 1.82) is 0 Å². The van der Waals surface area contributed by atoms with Crippen LogP contribution in [0, 0.1) is 0 Å². The van der Waals surface area contributed by atoms with Gasteiger partial charge in [0.1, 0.15) is 5.75 Å². The highest BCUT2D eigenvalue weighted by molar-refractivity contribution is 9.10. The number of amides is 2. The Bertz CT molecular complexity index is 694. The predicted octanol–water partition coefficient (Wildman–Crippen LogP) is 2.94. The number of carbonyl (C=O) groups excluding carboxylic acids is 2. The molecule has 22 heavy (non-hydrogen) atoms. The molecule has 0 aromatic heterocycles. The summed E-state index contributed by atoms with van der Waals surface area (Å²) in [6, 6.07) is 13.6. The maximum absolute atomic E-state index is 11.8. The SMILES string of the molecule is O=C(COc1cccc(Br)c1)NNC(=O)c1ccccc1Cl. The molecule has 0 aliphatic carbocycles. The Hall–Kier alpha value is -2.05. The maximum Gasteiger partial charge on any atom is 0.276 e. The van der Waals surface area contributed by atoms with Crippen LogP contribution in [0.3, 0.4) is 0 Å². The Balaban J connectivity index is 1.81. The minimum atomic E-state index is -0.499. The number of halogens is 2. The fourth-order valence-electron chi connectivity index (χ4n) is 1.58. The van der Waals surface area contributed by atoms with Gasteiger partial charge in [-0.2, -0.15) is 0 Å². The Morgan fingerprint density at radius 2 is 1.86 bits per heavy atom. The van der Waals surface area contributed by atoms with Gasteiger partial charge in [0.05, 0.1) is 10.6 Å². The van der Waals surface area contributed by atoms with Gasteiger partial charge in [0, 0.05) is 4.47 Å². The lowest BCUT2D eigenvalue weighted by Gasteiger charge is -2.09. The molecule has 7 heteroatoms. The molecule has 0 saturated heterocycles. The molecule has 0 spiro atoms. The van der Waals surface area contributed by atoms with Crippen LogP contribution in [-0.4, -0.2) is 18.4 Å². The highest BCUT2D eigenvalue weighted by Crippen LogP contribution is 2.17. The zero-order chi connectivity index (χ0) is 15.9. The van der Waals surface area contributed by atoms with Crippen molar-refractivity contribution in [3.8, 4) is 5.75 Å². The fraction of sp³-hybridized carbons (Fsp3) is 0.0667. The smallest absolute Gasteiger partial charge is 0.276 e. The van der Waals surface area contributed by atoms with Crippen molar-refractivity contribution in [3.63, 3.8) is 0 Å². The van der Waals surface area contributed by atoms with Gasteiger partial charge >= 0.3 is 0 Å². The number of carbonyl (C=O) groups is 2. The molecule has 0 fully saturated rings. The molecule has 5 nitrogen and oxygen atoms in total. The number of nitrogens with one attached hydrogen (secondary N) is 2. The van der Waals surface area contributed by atoms with E-state index in [0.29, 0.717) is 10.8 Å². The summed E-state index contributed by atoms with van der Waals surface area (Å²) >= 11 is 9.19. The first-order chi connectivity index (χ1) is 10.6. The lowest BCUT2D eigenvalue weighted by Crippen LogP contribution is -2.43. The summed E-state index contributed by atoms with van der Waals surface area (Å²) < 4.78 is 6.14. The van der Waals surface area contributed by atoms with E-state index < -0.39 is 11.8 Å². The molecule has 0 bridgehead atoms. The maximum atomic E-state index is 11.8. The molecule has 2 aromatic rings. The Morgan fingerprint density at radius 1 is 1.09 bits per heavy atom. The van der Waals surface area contributed by atoms with Gasteiger partial charge in [-0.15, -0.1) is 0 Å². The van der Waals surface area contributed by atoms with Crippen molar-refractivity contribution in [1.82, 2.24) is 10.9 Å². The van der Waals surface area contributed by atoms with Crippen LogP contribution in [-0.2, 0) is 4.79 Å². The first kappa shape index (κ1) is 16.3. The summed E-state index contributed by atoms with van der Waals surface area (Å²) in [5.41, 5.74) is 4.81. The average molecular weight is 384 g/mol. The fourth-order valence-corrected chi connectivity index (χ4v) is 2.18. The van der Waals surface area contributed by atoms with Crippen LogP contribution in [0.15, 0.2) is 53.0 Å². The summed E-state index contributed by atoms with van der Waals surface area (Å²) in [5, 5.41) is 0.305. The molecule has 2 aromatic carbocycles. The summed E-state index contributed by atoms with van der Waals surface area (Å²) in [6.07, 6.45) is 0. The summed E-state index contributed by atoms with van der Waals surface area (Å²) in [5.74, 6) is -0.441. The summed E-state index contributed by atoms with van der Waals surface area (Å²) in [4.78, 5) is 23.5. The van der Waals surface area contributed by atoms with Crippen LogP contribution in [0.2, 0.25) is 5.02 Å². The molecule has 0 aliphatic heterocycles. The van der Waals surface area contributed by atoms with Gasteiger partial charge in [-0.05, 0) is 30.3 Å². The van der Waals surface area contributed by atoms with Crippen molar-refractivity contribution < 1.29 is 14.3 Å². The van der Waals surface area contributed by atoms with Gasteiger partial charge in [-0.25, -0.2) is 0 Å². The van der Waals surface area contributed by atoms with E-state index >= 15 is 0 Å². The number of hydrogen-bond donors (Lipinski definition) is 2. The van der Waals surface area contributed by atoms with Crippen molar-refractivity contribution in [2.75, 3.05) is 6.61 Å². The van der Waals surface area contributed by atoms with Gasteiger partial charge in [-0.3, -0.25) is 20.4 Å². The van der Waals surface area contributed by atoms with Crippen LogP contribution >= 0.6 is 27.5 Å². The Morgan fingerprint density at radius 3 is 2.59 bits per heavy atom. The van der Waals surface area contributed by atoms with Crippen molar-refractivity contribution in [2.24, 2.45) is 0 Å². The summed E-state index contributed by atoms with van der Waals surface area (Å²) in [7, 11) is 0. The van der Waals surface area contributed by atoms with Crippen LogP contribution in [0.25, 0.3) is 0 Å². The van der Waals surface area contributed by atoms with Gasteiger partial charge in [-0.1, -0.05) is 45.7 Å². The number of ether oxygens (including phenoxy) is 1. The van der Waals surface area contributed by atoms with Crippen LogP contribution < -0.4 is 15.6 Å². The van der Waals surface area contributed by atoms with E-state index in [-0.39, 0.29) is 12.2 Å². The third kappa shape index (κ3) is 4.75. The van der Waals surface area contributed by atoms with Crippen molar-refractivity contribution >= 4 is 39.3 Å². The van der Waals surface area contributed by atoms with E-state index in [1.165, 1.54) is 0 Å². The molecule has 0 aliphatic rings. The third-order valence-electron chi connectivity index (χ3n) is 2.60. The molecule has 2 rings (SSSR count). The molecule has 0 atom stereocenters. The molecule has 0 unspecified atom stereocenters. The van der Waals surface area contributed by atoms with Crippen LogP contribution in [0.4, 0.5) is 0 Å². The van der Waals surface area contributed by atoms with E-state index in [0.717, 1.165) is 4.47 Å². The third-order valence-corrected chi connectivity index (χ3v) is 3.42. The topological polar surface area (TPSA) is 67.4 Å². The number of rotatable bonds is 4. The number of hydrogen-bond acceptors (Lipinski definition) is 3. The number of hydrazine groups is 1. The van der Waals surface area contributed by atoms with Gasteiger partial charge in [0.15, 0.2) is 6.61 Å². The Labute approximate surface area is 140 Å². The zero-order valence-corrected chi connectivity index (χ0v) is 13.6. The van der Waals surface area contributed by atoms with Crippen molar-refractivity contribution in [2.45, 2.75) is 0 Å². The summed E-state index contributed by atoms with van der Waals surface area (Å²) in [6.45, 7) is -0.223. The first-order valence-corrected chi connectivity index (χ1v) is 7.45. The van der Waals surface area contributed by atoms with Gasteiger partial charge < -0.3 is 4.74 Å². The molecule has 0 heterocycles. The van der Waals surface area contributed by atoms with E-state index in [4.69, 9.17) is 16.3 Å². The van der Waals surface area contributed by atoms with Gasteiger partial charge in [0.25, 0.3) is 11.8 Å². The highest BCUT2D eigenvalue weighted by atomic mass is 79.9.